The number of rotatable bonds is 9. The molecule has 0 spiro atoms. The minimum absolute atomic E-state index is 0.00745. The van der Waals surface area contributed by atoms with Crippen LogP contribution in [0.4, 0.5) is 5.69 Å². The number of thioether (sulfide) groups is 1. The van der Waals surface area contributed by atoms with Gasteiger partial charge in [0, 0.05) is 11.4 Å². The summed E-state index contributed by atoms with van der Waals surface area (Å²) in [5.74, 6) is -1.47. The number of aromatic hydroxyl groups is 1. The first kappa shape index (κ1) is 26.4. The molecular weight excluding hydrogens is 478 g/mol. The van der Waals surface area contributed by atoms with Crippen LogP contribution in [0.15, 0.2) is 77.0 Å². The number of para-hydroxylation sites is 1. The average Bonchev–Trinajstić information content (AvgIpc) is 2.87. The van der Waals surface area contributed by atoms with Crippen molar-refractivity contribution in [3.8, 4) is 17.6 Å². The number of phenolic OH excluding ortho intramolecular Hbond substituents is 1. The molecule has 1 aliphatic rings. The Morgan fingerprint density at radius 2 is 2.03 bits per heavy atom. The average molecular weight is 506 g/mol. The number of carbonyl (C=O) groups is 2. The molecule has 1 atom stereocenters. The summed E-state index contributed by atoms with van der Waals surface area (Å²) < 4.78 is 10.5. The Bertz CT molecular complexity index is 1290. The second kappa shape index (κ2) is 12.0. The summed E-state index contributed by atoms with van der Waals surface area (Å²) in [6.45, 7) is 7.18. The van der Waals surface area contributed by atoms with Gasteiger partial charge in [0.15, 0.2) is 11.5 Å². The Balaban J connectivity index is 1.96. The number of anilines is 1. The van der Waals surface area contributed by atoms with Crippen LogP contribution in [0.3, 0.4) is 0 Å². The van der Waals surface area contributed by atoms with E-state index < -0.39 is 11.9 Å². The molecule has 0 unspecified atom stereocenters. The first-order valence-corrected chi connectivity index (χ1v) is 12.0. The van der Waals surface area contributed by atoms with E-state index in [0.717, 1.165) is 17.3 Å². The van der Waals surface area contributed by atoms with Crippen molar-refractivity contribution in [2.45, 2.75) is 19.8 Å². The Hall–Kier alpha value is -4.16. The normalized spacial score (nSPS) is 15.0. The number of nitrogens with one attached hydrogen (secondary N) is 2. The van der Waals surface area contributed by atoms with Crippen molar-refractivity contribution in [1.82, 2.24) is 5.32 Å². The van der Waals surface area contributed by atoms with Gasteiger partial charge in [0.2, 0.25) is 5.91 Å². The van der Waals surface area contributed by atoms with E-state index in [9.17, 15) is 20.0 Å². The van der Waals surface area contributed by atoms with Crippen LogP contribution in [0.1, 0.15) is 24.0 Å². The lowest BCUT2D eigenvalue weighted by molar-refractivity contribution is -0.138. The molecule has 186 valence electrons. The van der Waals surface area contributed by atoms with E-state index in [1.54, 1.807) is 19.1 Å². The van der Waals surface area contributed by atoms with Crippen molar-refractivity contribution in [2.24, 2.45) is 0 Å². The van der Waals surface area contributed by atoms with Crippen molar-refractivity contribution in [3.05, 3.63) is 88.1 Å². The van der Waals surface area contributed by atoms with Gasteiger partial charge in [-0.3, -0.25) is 4.79 Å². The van der Waals surface area contributed by atoms with Gasteiger partial charge in [-0.15, -0.1) is 0 Å². The molecule has 0 aliphatic carbocycles. The second-order valence-corrected chi connectivity index (χ2v) is 8.91. The number of phenols is 1. The van der Waals surface area contributed by atoms with E-state index in [0.29, 0.717) is 22.0 Å². The van der Waals surface area contributed by atoms with Gasteiger partial charge in [-0.05, 0) is 43.2 Å². The summed E-state index contributed by atoms with van der Waals surface area (Å²) in [5.41, 5.74) is 3.18. The highest BCUT2D eigenvalue weighted by Gasteiger charge is 2.36. The number of hydrogen-bond acceptors (Lipinski definition) is 8. The maximum atomic E-state index is 13.0. The number of dihydropyridines is 1. The van der Waals surface area contributed by atoms with Crippen LogP contribution in [0.2, 0.25) is 0 Å². The fourth-order valence-corrected chi connectivity index (χ4v) is 4.65. The molecule has 1 aliphatic heterocycles. The highest BCUT2D eigenvalue weighted by atomic mass is 32.2. The number of methoxy groups -OCH3 is 1. The smallest absolute Gasteiger partial charge is 0.337 e. The minimum atomic E-state index is -0.801. The van der Waals surface area contributed by atoms with Crippen molar-refractivity contribution in [1.29, 1.82) is 5.26 Å². The number of hydrogen-bond donors (Lipinski definition) is 3. The third-order valence-corrected chi connectivity index (χ3v) is 6.52. The van der Waals surface area contributed by atoms with Gasteiger partial charge in [-0.1, -0.05) is 48.7 Å². The Labute approximate surface area is 214 Å². The number of allylic oxidation sites excluding steroid dienone is 2. The van der Waals surface area contributed by atoms with E-state index in [2.05, 4.69) is 23.3 Å². The van der Waals surface area contributed by atoms with E-state index >= 15 is 0 Å². The number of carbonyl (C=O) groups excluding carboxylic acids is 2. The number of ether oxygens (including phenoxy) is 2. The summed E-state index contributed by atoms with van der Waals surface area (Å²) in [4.78, 5) is 25.6. The van der Waals surface area contributed by atoms with Crippen molar-refractivity contribution >= 4 is 29.3 Å². The zero-order valence-corrected chi connectivity index (χ0v) is 21.1. The quantitative estimate of drug-likeness (QED) is 0.336. The number of nitriles is 1. The van der Waals surface area contributed by atoms with E-state index in [4.69, 9.17) is 9.47 Å². The molecule has 0 bridgehead atoms. The molecule has 36 heavy (non-hydrogen) atoms. The van der Waals surface area contributed by atoms with Gasteiger partial charge in [-0.2, -0.15) is 5.26 Å². The molecule has 0 saturated carbocycles. The predicted octanol–water partition coefficient (Wildman–Crippen LogP) is 4.51. The molecule has 3 N–H and O–H groups in total. The van der Waals surface area contributed by atoms with Crippen LogP contribution < -0.4 is 15.4 Å². The summed E-state index contributed by atoms with van der Waals surface area (Å²) in [7, 11) is 1.41. The molecule has 0 fully saturated rings. The van der Waals surface area contributed by atoms with E-state index in [1.165, 1.54) is 19.3 Å². The van der Waals surface area contributed by atoms with Crippen LogP contribution in [0.5, 0.6) is 11.5 Å². The first-order chi connectivity index (χ1) is 17.3. The van der Waals surface area contributed by atoms with E-state index in [-0.39, 0.29) is 40.9 Å². The number of nitrogens with zero attached hydrogens (tertiary/aromatic N) is 1. The summed E-state index contributed by atoms with van der Waals surface area (Å²) in [5, 5.41) is 26.6. The van der Waals surface area contributed by atoms with Gasteiger partial charge < -0.3 is 25.2 Å². The van der Waals surface area contributed by atoms with E-state index in [1.807, 2.05) is 31.2 Å². The third-order valence-electron chi connectivity index (χ3n) is 5.50. The molecule has 2 aromatic rings. The van der Waals surface area contributed by atoms with Gasteiger partial charge in [0.05, 0.1) is 41.0 Å². The van der Waals surface area contributed by atoms with Crippen molar-refractivity contribution in [2.75, 3.05) is 24.8 Å². The lowest BCUT2D eigenvalue weighted by atomic mass is 9.82. The Morgan fingerprint density at radius 1 is 1.28 bits per heavy atom. The summed E-state index contributed by atoms with van der Waals surface area (Å²) >= 11 is 1.16. The highest BCUT2D eigenvalue weighted by molar-refractivity contribution is 8.03. The van der Waals surface area contributed by atoms with Crippen molar-refractivity contribution in [3.63, 3.8) is 0 Å². The molecule has 2 aromatic carbocycles. The molecule has 8 nitrogen and oxygen atoms in total. The zero-order valence-electron chi connectivity index (χ0n) is 20.3. The van der Waals surface area contributed by atoms with Crippen molar-refractivity contribution < 1.29 is 24.2 Å². The largest absolute Gasteiger partial charge is 0.504 e. The molecule has 1 amide bonds. The van der Waals surface area contributed by atoms with Gasteiger partial charge >= 0.3 is 5.97 Å². The van der Waals surface area contributed by atoms with Crippen LogP contribution in [0, 0.1) is 18.3 Å². The van der Waals surface area contributed by atoms with Crippen LogP contribution in [0.25, 0.3) is 0 Å². The van der Waals surface area contributed by atoms with Crippen LogP contribution in [-0.2, 0) is 14.3 Å². The van der Waals surface area contributed by atoms with Crippen LogP contribution >= 0.6 is 11.8 Å². The monoisotopic (exact) mass is 505 g/mol. The summed E-state index contributed by atoms with van der Waals surface area (Å²) in [6.07, 6.45) is 1.46. The predicted molar refractivity (Wildman–Crippen MR) is 139 cm³/mol. The van der Waals surface area contributed by atoms with Gasteiger partial charge in [0.1, 0.15) is 6.61 Å². The minimum Gasteiger partial charge on any atom is -0.504 e. The van der Waals surface area contributed by atoms with Gasteiger partial charge in [0.25, 0.3) is 0 Å². The third kappa shape index (κ3) is 5.90. The molecule has 3 rings (SSSR count). The molecule has 0 saturated heterocycles. The summed E-state index contributed by atoms with van der Waals surface area (Å²) in [6, 6.07) is 14.3. The molecule has 0 aromatic heterocycles. The lowest BCUT2D eigenvalue weighted by Gasteiger charge is -2.29. The number of benzene rings is 2. The standard InChI is InChI=1S/C27H27N3O5S/c1-5-12-35-27(33)24-17(3)29-26(36-15-23(32)30-20-9-7-6-8-16(20)2)19(14-28)25(24)18-10-11-21(31)22(13-18)34-4/h5-11,13,25,29,31H,1,12,15H2,2-4H3,(H,30,32)/t25-/m1/s1. The highest BCUT2D eigenvalue weighted by Crippen LogP contribution is 2.43. The molecule has 9 heteroatoms. The van der Waals surface area contributed by atoms with Crippen LogP contribution in [-0.4, -0.2) is 36.5 Å². The molecule has 0 radical (unpaired) electrons. The first-order valence-electron chi connectivity index (χ1n) is 11.1. The fourth-order valence-electron chi connectivity index (χ4n) is 3.75. The Morgan fingerprint density at radius 3 is 2.69 bits per heavy atom. The van der Waals surface area contributed by atoms with Gasteiger partial charge in [-0.25, -0.2) is 4.79 Å². The fraction of sp³-hybridized carbons (Fsp3) is 0.222. The second-order valence-electron chi connectivity index (χ2n) is 7.92. The number of aryl methyl sites for hydroxylation is 1. The zero-order chi connectivity index (χ0) is 26.2. The topological polar surface area (TPSA) is 121 Å². The number of amides is 1. The molecule has 1 heterocycles. The SMILES string of the molecule is C=CCOC(=O)C1=C(C)NC(SCC(=O)Nc2ccccc2C)=C(C#N)[C@H]1c1ccc(O)c(OC)c1. The Kier molecular flexibility index (Phi) is 8.81. The maximum absolute atomic E-state index is 13.0. The maximum Gasteiger partial charge on any atom is 0.337 e. The molecular formula is C27H27N3O5S. The lowest BCUT2D eigenvalue weighted by Crippen LogP contribution is -2.29. The number of esters is 1.